The molecular formula is C15H29N5O4Si. The Kier molecular flexibility index (Phi) is 7.00. The molecule has 0 radical (unpaired) electrons. The molecule has 4 N–H and O–H groups in total. The Bertz CT molecular complexity index is 616. The Balaban J connectivity index is 2.87. The number of hydrogen-bond acceptors (Lipinski definition) is 6. The van der Waals surface area contributed by atoms with E-state index >= 15 is 0 Å². The summed E-state index contributed by atoms with van der Waals surface area (Å²) in [6.45, 7) is 12.9. The van der Waals surface area contributed by atoms with Crippen LogP contribution in [0.15, 0.2) is 11.5 Å². The summed E-state index contributed by atoms with van der Waals surface area (Å²) >= 11 is 0. The maximum Gasteiger partial charge on any atom is 0.413 e. The largest absolute Gasteiger partial charge is 0.444 e. The summed E-state index contributed by atoms with van der Waals surface area (Å²) < 4.78 is 12.5. The van der Waals surface area contributed by atoms with Gasteiger partial charge in [-0.1, -0.05) is 24.8 Å². The number of ether oxygens (including phenoxy) is 2. The van der Waals surface area contributed by atoms with Crippen molar-refractivity contribution < 1.29 is 19.5 Å². The molecule has 0 spiro atoms. The molecule has 1 aromatic heterocycles. The van der Waals surface area contributed by atoms with Crippen LogP contribution < -0.4 is 11.1 Å². The number of amidine groups is 1. The number of anilines is 1. The molecule has 1 amide bonds. The van der Waals surface area contributed by atoms with E-state index in [-0.39, 0.29) is 24.1 Å². The number of hydrogen-bond donors (Lipinski definition) is 3. The first-order chi connectivity index (χ1) is 11.4. The van der Waals surface area contributed by atoms with Gasteiger partial charge in [-0.25, -0.2) is 9.78 Å². The Morgan fingerprint density at radius 3 is 2.60 bits per heavy atom. The van der Waals surface area contributed by atoms with E-state index in [1.165, 1.54) is 6.33 Å². The number of imidazole rings is 1. The van der Waals surface area contributed by atoms with E-state index in [1.54, 1.807) is 25.3 Å². The van der Waals surface area contributed by atoms with Crippen molar-refractivity contribution in [3.63, 3.8) is 0 Å². The number of carbonyl (C=O) groups excluding carboxylic acids is 1. The van der Waals surface area contributed by atoms with Gasteiger partial charge in [-0.2, -0.15) is 0 Å². The van der Waals surface area contributed by atoms with E-state index in [4.69, 9.17) is 20.4 Å². The molecule has 1 rings (SSSR count). The second-order valence-corrected chi connectivity index (χ2v) is 13.5. The van der Waals surface area contributed by atoms with Gasteiger partial charge in [-0.15, -0.1) is 0 Å². The third-order valence-corrected chi connectivity index (χ3v) is 4.74. The van der Waals surface area contributed by atoms with Crippen LogP contribution in [0, 0.1) is 0 Å². The van der Waals surface area contributed by atoms with Gasteiger partial charge in [0.25, 0.3) is 0 Å². The van der Waals surface area contributed by atoms with Crippen LogP contribution in [-0.4, -0.2) is 47.0 Å². The topological polar surface area (TPSA) is 124 Å². The van der Waals surface area contributed by atoms with Crippen LogP contribution in [0.2, 0.25) is 25.7 Å². The summed E-state index contributed by atoms with van der Waals surface area (Å²) in [5.41, 5.74) is 5.11. The van der Waals surface area contributed by atoms with Crippen molar-refractivity contribution in [2.24, 2.45) is 10.9 Å². The fraction of sp³-hybridized carbons (Fsp3) is 0.667. The van der Waals surface area contributed by atoms with Crippen molar-refractivity contribution in [2.45, 2.75) is 58.8 Å². The summed E-state index contributed by atoms with van der Waals surface area (Å²) in [6.07, 6.45) is 0.789. The monoisotopic (exact) mass is 371 g/mol. The van der Waals surface area contributed by atoms with Gasteiger partial charge in [0.15, 0.2) is 11.5 Å². The highest BCUT2D eigenvalue weighted by Crippen LogP contribution is 2.17. The minimum atomic E-state index is -1.19. The first-order valence-electron chi connectivity index (χ1n) is 8.04. The lowest BCUT2D eigenvalue weighted by atomic mass is 10.2. The molecule has 0 aliphatic heterocycles. The molecular weight excluding hydrogens is 342 g/mol. The molecule has 0 aliphatic carbocycles. The zero-order chi connectivity index (χ0) is 19.3. The lowest BCUT2D eigenvalue weighted by Gasteiger charge is -2.20. The zero-order valence-electron chi connectivity index (χ0n) is 15.8. The second kappa shape index (κ2) is 8.34. The van der Waals surface area contributed by atoms with Crippen LogP contribution in [0.1, 0.15) is 26.5 Å². The van der Waals surface area contributed by atoms with Gasteiger partial charge >= 0.3 is 6.09 Å². The molecule has 0 bridgehead atoms. The van der Waals surface area contributed by atoms with Crippen molar-refractivity contribution in [1.29, 1.82) is 0 Å². The van der Waals surface area contributed by atoms with Crippen molar-refractivity contribution in [1.82, 2.24) is 9.55 Å². The maximum absolute atomic E-state index is 12.0. The first kappa shape index (κ1) is 21.0. The van der Waals surface area contributed by atoms with Gasteiger partial charge < -0.3 is 20.4 Å². The fourth-order valence-electron chi connectivity index (χ4n) is 1.79. The number of aromatic nitrogens is 2. The number of carbonyl (C=O) groups is 1. The average Bonchev–Trinajstić information content (AvgIpc) is 2.82. The van der Waals surface area contributed by atoms with Gasteiger partial charge in [-0.05, 0) is 26.8 Å². The average molecular weight is 372 g/mol. The lowest BCUT2D eigenvalue weighted by molar-refractivity contribution is 0.0629. The van der Waals surface area contributed by atoms with E-state index in [9.17, 15) is 4.79 Å². The second-order valence-electron chi connectivity index (χ2n) is 7.87. The molecule has 142 valence electrons. The zero-order valence-corrected chi connectivity index (χ0v) is 16.8. The molecule has 0 aliphatic rings. The predicted molar refractivity (Wildman–Crippen MR) is 98.7 cm³/mol. The predicted octanol–water partition coefficient (Wildman–Crippen LogP) is 2.64. The van der Waals surface area contributed by atoms with E-state index < -0.39 is 19.8 Å². The molecule has 0 fully saturated rings. The quantitative estimate of drug-likeness (QED) is 0.169. The third-order valence-electron chi connectivity index (χ3n) is 3.03. The van der Waals surface area contributed by atoms with Gasteiger partial charge in [0.1, 0.15) is 18.1 Å². The Hall–Kier alpha value is -2.07. The summed E-state index contributed by atoms with van der Waals surface area (Å²) in [4.78, 5) is 16.1. The van der Waals surface area contributed by atoms with Gasteiger partial charge in [-0.3, -0.25) is 9.88 Å². The van der Waals surface area contributed by atoms with Crippen molar-refractivity contribution >= 4 is 25.8 Å². The molecule has 1 aromatic rings. The molecule has 25 heavy (non-hydrogen) atoms. The molecule has 0 saturated carbocycles. The Morgan fingerprint density at radius 2 is 2.08 bits per heavy atom. The number of nitrogens with two attached hydrogens (primary N) is 1. The normalized spacial score (nSPS) is 13.0. The van der Waals surface area contributed by atoms with Crippen molar-refractivity contribution in [3.8, 4) is 0 Å². The number of nitrogens with zero attached hydrogens (tertiary/aromatic N) is 3. The van der Waals surface area contributed by atoms with E-state index in [0.717, 1.165) is 6.04 Å². The number of amides is 1. The number of rotatable bonds is 7. The SMILES string of the molecule is CC(C)(C)OC(=O)Nc1c(C(N)=NO)ncn1COCC[Si](C)(C)C. The van der Waals surface area contributed by atoms with Crippen LogP contribution in [0.5, 0.6) is 0 Å². The lowest BCUT2D eigenvalue weighted by Crippen LogP contribution is -2.29. The molecule has 0 atom stereocenters. The van der Waals surface area contributed by atoms with E-state index in [0.29, 0.717) is 6.61 Å². The summed E-state index contributed by atoms with van der Waals surface area (Å²) in [7, 11) is -1.19. The smallest absolute Gasteiger partial charge is 0.413 e. The van der Waals surface area contributed by atoms with Crippen LogP contribution in [0.25, 0.3) is 0 Å². The van der Waals surface area contributed by atoms with Crippen LogP contribution >= 0.6 is 0 Å². The summed E-state index contributed by atoms with van der Waals surface area (Å²) in [6, 6.07) is 1.02. The van der Waals surface area contributed by atoms with E-state index in [1.807, 2.05) is 0 Å². The maximum atomic E-state index is 12.0. The molecule has 0 unspecified atom stereocenters. The summed E-state index contributed by atoms with van der Waals surface area (Å²) in [5, 5.41) is 14.4. The molecule has 10 heteroatoms. The highest BCUT2D eigenvalue weighted by Gasteiger charge is 2.22. The summed E-state index contributed by atoms with van der Waals surface area (Å²) in [5.74, 6) is 0.0319. The van der Waals surface area contributed by atoms with Gasteiger partial charge in [0.05, 0.1) is 6.33 Å². The first-order valence-corrected chi connectivity index (χ1v) is 11.7. The highest BCUT2D eigenvalue weighted by atomic mass is 28.3. The van der Waals surface area contributed by atoms with Crippen LogP contribution in [0.3, 0.4) is 0 Å². The minimum absolute atomic E-state index is 0.141. The fourth-order valence-corrected chi connectivity index (χ4v) is 2.54. The van der Waals surface area contributed by atoms with Crippen molar-refractivity contribution in [2.75, 3.05) is 11.9 Å². The number of oxime groups is 1. The van der Waals surface area contributed by atoms with Gasteiger partial charge in [0.2, 0.25) is 0 Å². The standard InChI is InChI=1S/C15H29N5O4Si/c1-15(2,3)24-14(21)18-13-11(12(16)19-22)17-9-20(13)10-23-7-8-25(4,5)6/h9,22H,7-8,10H2,1-6H3,(H2,16,19)(H,18,21). The molecule has 1 heterocycles. The molecule has 9 nitrogen and oxygen atoms in total. The molecule has 0 aromatic carbocycles. The number of nitrogens with one attached hydrogen (secondary N) is 1. The van der Waals surface area contributed by atoms with Crippen LogP contribution in [0.4, 0.5) is 10.6 Å². The Morgan fingerprint density at radius 1 is 1.44 bits per heavy atom. The molecule has 0 saturated heterocycles. The van der Waals surface area contributed by atoms with E-state index in [2.05, 4.69) is 35.1 Å². The Labute approximate surface area is 149 Å². The minimum Gasteiger partial charge on any atom is -0.444 e. The highest BCUT2D eigenvalue weighted by molar-refractivity contribution is 6.76. The van der Waals surface area contributed by atoms with Gasteiger partial charge in [0, 0.05) is 14.7 Å². The van der Waals surface area contributed by atoms with Crippen LogP contribution in [-0.2, 0) is 16.2 Å². The van der Waals surface area contributed by atoms with Crippen molar-refractivity contribution in [3.05, 3.63) is 12.0 Å². The third kappa shape index (κ3) is 7.56.